The molecule has 1 aliphatic heterocycles. The van der Waals surface area contributed by atoms with E-state index in [1.807, 2.05) is 60.7 Å². The molecular weight excluding hydrogens is 468 g/mol. The molecule has 37 heavy (non-hydrogen) atoms. The Hall–Kier alpha value is -3.19. The predicted octanol–water partition coefficient (Wildman–Crippen LogP) is 4.04. The Labute approximate surface area is 219 Å². The fourth-order valence-electron chi connectivity index (χ4n) is 5.71. The zero-order valence-electron chi connectivity index (χ0n) is 21.8. The summed E-state index contributed by atoms with van der Waals surface area (Å²) < 4.78 is 10.9. The van der Waals surface area contributed by atoms with E-state index in [0.717, 1.165) is 30.4 Å². The highest BCUT2D eigenvalue weighted by molar-refractivity contribution is 5.89. The highest BCUT2D eigenvalue weighted by Crippen LogP contribution is 2.42. The minimum Gasteiger partial charge on any atom is -0.465 e. The number of carbonyl (C=O) groups is 3. The van der Waals surface area contributed by atoms with Crippen molar-refractivity contribution in [2.24, 2.45) is 5.92 Å². The van der Waals surface area contributed by atoms with Crippen LogP contribution in [0.5, 0.6) is 0 Å². The molecule has 4 rings (SSSR count). The minimum absolute atomic E-state index is 0.0383. The first kappa shape index (κ1) is 26.9. The summed E-state index contributed by atoms with van der Waals surface area (Å²) in [6.45, 7) is 4.00. The van der Waals surface area contributed by atoms with Gasteiger partial charge >= 0.3 is 11.9 Å². The van der Waals surface area contributed by atoms with Gasteiger partial charge in [-0.25, -0.2) is 4.79 Å². The van der Waals surface area contributed by atoms with Crippen LogP contribution in [0, 0.1) is 5.92 Å². The summed E-state index contributed by atoms with van der Waals surface area (Å²) in [4.78, 5) is 41.4. The molecule has 5 atom stereocenters. The molecule has 0 bridgehead atoms. The monoisotopic (exact) mass is 506 g/mol. The van der Waals surface area contributed by atoms with E-state index in [4.69, 9.17) is 9.47 Å². The van der Waals surface area contributed by atoms with Crippen LogP contribution in [-0.4, -0.2) is 53.5 Å². The summed E-state index contributed by atoms with van der Waals surface area (Å²) in [7, 11) is 0. The Balaban J connectivity index is 1.43. The highest BCUT2D eigenvalue weighted by atomic mass is 16.5. The number of hydrogen-bond acceptors (Lipinski definition) is 6. The van der Waals surface area contributed by atoms with Gasteiger partial charge in [0.05, 0.1) is 12.6 Å². The van der Waals surface area contributed by atoms with Crippen LogP contribution < -0.4 is 5.32 Å². The first-order valence-corrected chi connectivity index (χ1v) is 13.5. The lowest BCUT2D eigenvalue weighted by atomic mass is 10.0. The maximum Gasteiger partial charge on any atom is 0.329 e. The van der Waals surface area contributed by atoms with Gasteiger partial charge in [0.25, 0.3) is 0 Å². The molecule has 0 spiro atoms. The Morgan fingerprint density at radius 2 is 1.65 bits per heavy atom. The zero-order valence-corrected chi connectivity index (χ0v) is 21.8. The third-order valence-electron chi connectivity index (χ3n) is 7.55. The van der Waals surface area contributed by atoms with E-state index in [-0.39, 0.29) is 37.1 Å². The summed E-state index contributed by atoms with van der Waals surface area (Å²) in [5.74, 6) is -0.573. The van der Waals surface area contributed by atoms with Crippen molar-refractivity contribution in [3.63, 3.8) is 0 Å². The van der Waals surface area contributed by atoms with Crippen LogP contribution in [0.3, 0.4) is 0 Å². The van der Waals surface area contributed by atoms with Gasteiger partial charge in [-0.2, -0.15) is 0 Å². The van der Waals surface area contributed by atoms with Crippen molar-refractivity contribution in [2.75, 3.05) is 6.61 Å². The van der Waals surface area contributed by atoms with Crippen LogP contribution in [0.4, 0.5) is 0 Å². The fourth-order valence-corrected chi connectivity index (χ4v) is 5.71. The average molecular weight is 507 g/mol. The molecule has 2 fully saturated rings. The Morgan fingerprint density at radius 3 is 2.32 bits per heavy atom. The minimum atomic E-state index is -0.644. The van der Waals surface area contributed by atoms with Crippen LogP contribution >= 0.6 is 0 Å². The third-order valence-corrected chi connectivity index (χ3v) is 7.55. The topological polar surface area (TPSA) is 84.9 Å². The number of nitrogens with zero attached hydrogens (tertiary/aromatic N) is 1. The highest BCUT2D eigenvalue weighted by Gasteiger charge is 2.50. The SMILES string of the molecule is CCOC(=O)[C@H](CCc1ccccc1)N[C@H](C)C(=O)N1[C@@H](C(=O)OCc2ccccc2)C[C@H]2CCC[C@H]21. The molecule has 2 aromatic carbocycles. The van der Waals surface area contributed by atoms with Gasteiger partial charge in [-0.15, -0.1) is 0 Å². The molecule has 2 aromatic rings. The molecule has 1 saturated heterocycles. The van der Waals surface area contributed by atoms with Gasteiger partial charge in [0, 0.05) is 6.04 Å². The molecule has 1 amide bonds. The van der Waals surface area contributed by atoms with Crippen molar-refractivity contribution in [3.8, 4) is 0 Å². The van der Waals surface area contributed by atoms with Crippen molar-refractivity contribution in [1.29, 1.82) is 0 Å². The molecule has 7 nitrogen and oxygen atoms in total. The Bertz CT molecular complexity index is 1040. The largest absolute Gasteiger partial charge is 0.465 e. The van der Waals surface area contributed by atoms with Crippen molar-refractivity contribution in [3.05, 3.63) is 71.8 Å². The number of benzene rings is 2. The standard InChI is InChI=1S/C30H38N2O5/c1-3-36-29(34)25(18-17-22-11-6-4-7-12-22)31-21(2)28(33)32-26-16-10-15-24(26)19-27(32)30(35)37-20-23-13-8-5-9-14-23/h4-9,11-14,21,24-27,31H,3,10,15-20H2,1-2H3/t21-,24-,25+,26-,27-/m1/s1. The lowest BCUT2D eigenvalue weighted by molar-refractivity contribution is -0.156. The van der Waals surface area contributed by atoms with Gasteiger partial charge in [0.15, 0.2) is 0 Å². The van der Waals surface area contributed by atoms with E-state index in [2.05, 4.69) is 5.32 Å². The van der Waals surface area contributed by atoms with Crippen LogP contribution in [0.25, 0.3) is 0 Å². The Morgan fingerprint density at radius 1 is 0.973 bits per heavy atom. The van der Waals surface area contributed by atoms with Crippen LogP contribution in [0.2, 0.25) is 0 Å². The molecule has 1 saturated carbocycles. The van der Waals surface area contributed by atoms with Crippen molar-refractivity contribution in [1.82, 2.24) is 10.2 Å². The third kappa shape index (κ3) is 6.77. The first-order valence-electron chi connectivity index (χ1n) is 13.5. The van der Waals surface area contributed by atoms with Gasteiger partial charge < -0.3 is 14.4 Å². The van der Waals surface area contributed by atoms with E-state index in [1.165, 1.54) is 0 Å². The second-order valence-electron chi connectivity index (χ2n) is 10.1. The van der Waals surface area contributed by atoms with Crippen molar-refractivity contribution >= 4 is 17.8 Å². The summed E-state index contributed by atoms with van der Waals surface area (Å²) in [6, 6.07) is 17.7. The van der Waals surface area contributed by atoms with Crippen molar-refractivity contribution in [2.45, 2.75) is 83.1 Å². The van der Waals surface area contributed by atoms with E-state index < -0.39 is 18.1 Å². The van der Waals surface area contributed by atoms with E-state index in [9.17, 15) is 14.4 Å². The molecular formula is C30H38N2O5. The molecule has 1 aliphatic carbocycles. The van der Waals surface area contributed by atoms with Crippen LogP contribution in [0.15, 0.2) is 60.7 Å². The quantitative estimate of drug-likeness (QED) is 0.463. The van der Waals surface area contributed by atoms with E-state index in [1.54, 1.807) is 18.7 Å². The summed E-state index contributed by atoms with van der Waals surface area (Å²) in [5, 5.41) is 3.23. The normalized spacial score (nSPS) is 22.2. The van der Waals surface area contributed by atoms with E-state index in [0.29, 0.717) is 25.2 Å². The lowest BCUT2D eigenvalue weighted by Gasteiger charge is -2.32. The molecule has 0 unspecified atom stereocenters. The van der Waals surface area contributed by atoms with Crippen LogP contribution in [-0.2, 0) is 36.9 Å². The second kappa shape index (κ2) is 12.9. The molecule has 0 radical (unpaired) electrons. The number of fused-ring (bicyclic) bond motifs is 1. The van der Waals surface area contributed by atoms with Gasteiger partial charge in [0.2, 0.25) is 5.91 Å². The summed E-state index contributed by atoms with van der Waals surface area (Å²) in [6.07, 6.45) is 4.78. The number of amides is 1. The summed E-state index contributed by atoms with van der Waals surface area (Å²) >= 11 is 0. The second-order valence-corrected chi connectivity index (χ2v) is 10.1. The number of esters is 2. The van der Waals surface area contributed by atoms with Crippen molar-refractivity contribution < 1.29 is 23.9 Å². The summed E-state index contributed by atoms with van der Waals surface area (Å²) in [5.41, 5.74) is 2.03. The lowest BCUT2D eigenvalue weighted by Crippen LogP contribution is -2.55. The number of aryl methyl sites for hydroxylation is 1. The van der Waals surface area contributed by atoms with Gasteiger partial charge in [-0.05, 0) is 63.0 Å². The number of carbonyl (C=O) groups excluding carboxylic acids is 3. The molecule has 0 aromatic heterocycles. The number of hydrogen-bond donors (Lipinski definition) is 1. The molecule has 7 heteroatoms. The van der Waals surface area contributed by atoms with Crippen LogP contribution in [0.1, 0.15) is 57.1 Å². The average Bonchev–Trinajstić information content (AvgIpc) is 3.52. The molecule has 1 heterocycles. The van der Waals surface area contributed by atoms with Gasteiger partial charge in [0.1, 0.15) is 18.7 Å². The zero-order chi connectivity index (χ0) is 26.2. The maximum atomic E-state index is 13.8. The van der Waals surface area contributed by atoms with Gasteiger partial charge in [-0.1, -0.05) is 67.1 Å². The van der Waals surface area contributed by atoms with Gasteiger partial charge in [-0.3, -0.25) is 14.9 Å². The number of rotatable bonds is 11. The predicted molar refractivity (Wildman–Crippen MR) is 140 cm³/mol. The molecule has 1 N–H and O–H groups in total. The number of nitrogens with one attached hydrogen (secondary N) is 1. The maximum absolute atomic E-state index is 13.8. The Kier molecular flexibility index (Phi) is 9.34. The fraction of sp³-hybridized carbons (Fsp3) is 0.500. The number of likely N-dealkylation sites (tertiary alicyclic amines) is 1. The molecule has 2 aliphatic rings. The smallest absolute Gasteiger partial charge is 0.329 e. The number of ether oxygens (including phenoxy) is 2. The molecule has 198 valence electrons. The first-order chi connectivity index (χ1) is 18.0. The van der Waals surface area contributed by atoms with E-state index >= 15 is 0 Å².